The molecule has 0 amide bonds. The molecule has 11 aromatic carbocycles. The molecule has 0 N–H and O–H groups in total. The molecule has 0 aliphatic carbocycles. The van der Waals surface area contributed by atoms with Crippen LogP contribution >= 0.6 is 0 Å². The zero-order valence-corrected chi connectivity index (χ0v) is 40.6. The molecule has 0 aliphatic rings. The van der Waals surface area contributed by atoms with E-state index in [4.69, 9.17) is 15.0 Å². The van der Waals surface area contributed by atoms with E-state index in [1.165, 1.54) is 32.8 Å². The second kappa shape index (κ2) is 17.3. The summed E-state index contributed by atoms with van der Waals surface area (Å²) in [4.78, 5) is 16.2. The Labute approximate surface area is 432 Å². The first-order chi connectivity index (χ1) is 37.2. The van der Waals surface area contributed by atoms with Gasteiger partial charge in [0.1, 0.15) is 0 Å². The van der Waals surface area contributed by atoms with Crippen LogP contribution < -0.4 is 0 Å². The van der Waals surface area contributed by atoms with Crippen molar-refractivity contribution in [3.63, 3.8) is 0 Å². The molecule has 0 bridgehead atoms. The highest BCUT2D eigenvalue weighted by Gasteiger charge is 2.25. The van der Waals surface area contributed by atoms with Gasteiger partial charge in [-0.25, -0.2) is 4.98 Å². The van der Waals surface area contributed by atoms with Gasteiger partial charge in [-0.15, -0.1) is 0 Å². The molecule has 0 fully saturated rings. The first-order valence-corrected chi connectivity index (χ1v) is 25.4. The number of rotatable bonds is 8. The molecule has 0 saturated heterocycles. The van der Waals surface area contributed by atoms with Gasteiger partial charge in [0.25, 0.3) is 0 Å². The summed E-state index contributed by atoms with van der Waals surface area (Å²) in [6.45, 7) is 0. The number of hydrogen-bond acceptors (Lipinski definition) is 3. The minimum Gasteiger partial charge on any atom is -0.309 e. The molecule has 4 heterocycles. The fraction of sp³-hybridized carbons (Fsp3) is 0. The van der Waals surface area contributed by atoms with Gasteiger partial charge in [-0.2, -0.15) is 9.97 Å². The van der Waals surface area contributed by atoms with Crippen LogP contribution in [0.2, 0.25) is 0 Å². The molecule has 4 aromatic heterocycles. The molecule has 15 rings (SSSR count). The molecular formula is C69H44N6. The summed E-state index contributed by atoms with van der Waals surface area (Å²) in [7, 11) is 0. The maximum atomic E-state index is 5.52. The van der Waals surface area contributed by atoms with Gasteiger partial charge in [-0.3, -0.25) is 4.57 Å². The Hall–Kier alpha value is -10.2. The van der Waals surface area contributed by atoms with Crippen LogP contribution in [0.4, 0.5) is 0 Å². The Balaban J connectivity index is 0.997. The van der Waals surface area contributed by atoms with Gasteiger partial charge in [0.2, 0.25) is 5.95 Å². The van der Waals surface area contributed by atoms with E-state index < -0.39 is 0 Å². The number of para-hydroxylation sites is 3. The molecule has 0 unspecified atom stereocenters. The van der Waals surface area contributed by atoms with Gasteiger partial charge in [0.05, 0.1) is 33.1 Å². The van der Waals surface area contributed by atoms with Crippen LogP contribution in [0.25, 0.3) is 139 Å². The monoisotopic (exact) mass is 956 g/mol. The third kappa shape index (κ3) is 6.99. The van der Waals surface area contributed by atoms with Gasteiger partial charge in [0.15, 0.2) is 11.6 Å². The summed E-state index contributed by atoms with van der Waals surface area (Å²) < 4.78 is 7.11. The first-order valence-electron chi connectivity index (χ1n) is 25.4. The van der Waals surface area contributed by atoms with Crippen molar-refractivity contribution in [2.75, 3.05) is 0 Å². The van der Waals surface area contributed by atoms with Crippen molar-refractivity contribution in [2.45, 2.75) is 0 Å². The van der Waals surface area contributed by atoms with Gasteiger partial charge in [-0.1, -0.05) is 212 Å². The Morgan fingerprint density at radius 1 is 0.213 bits per heavy atom. The lowest BCUT2D eigenvalue weighted by molar-refractivity contribution is 0.953. The van der Waals surface area contributed by atoms with E-state index in [-0.39, 0.29) is 0 Å². The van der Waals surface area contributed by atoms with Crippen LogP contribution in [0.15, 0.2) is 267 Å². The molecule has 15 aromatic rings. The highest BCUT2D eigenvalue weighted by atomic mass is 15.2. The Bertz CT molecular complexity index is 4610. The van der Waals surface area contributed by atoms with Crippen molar-refractivity contribution in [2.24, 2.45) is 0 Å². The van der Waals surface area contributed by atoms with Crippen molar-refractivity contribution in [1.29, 1.82) is 0 Å². The van der Waals surface area contributed by atoms with Crippen molar-refractivity contribution < 1.29 is 0 Å². The number of hydrogen-bond donors (Lipinski definition) is 0. The zero-order valence-electron chi connectivity index (χ0n) is 40.6. The predicted octanol–water partition coefficient (Wildman–Crippen LogP) is 17.5. The Morgan fingerprint density at radius 2 is 0.600 bits per heavy atom. The third-order valence-corrected chi connectivity index (χ3v) is 14.9. The lowest BCUT2D eigenvalue weighted by Gasteiger charge is -2.14. The predicted molar refractivity (Wildman–Crippen MR) is 310 cm³/mol. The average Bonchev–Trinajstić information content (AvgIpc) is 4.14. The van der Waals surface area contributed by atoms with E-state index in [0.29, 0.717) is 17.6 Å². The lowest BCUT2D eigenvalue weighted by atomic mass is 9.98. The SMILES string of the molecule is c1ccc(-c2ccc(-n3c4ccccc4c4ccc5c6cc(-n7c8ccccc8c8ccccc87)ccc6n(-c6nc(-c7ccccc7)nc(-c7ccc(-c8cccc(-c9ccccc9)c8)cc7)n6)c5c43)cc2)cc1. The normalized spacial score (nSPS) is 11.7. The maximum Gasteiger partial charge on any atom is 0.238 e. The summed E-state index contributed by atoms with van der Waals surface area (Å²) in [6, 6.07) is 95.3. The Kier molecular flexibility index (Phi) is 9.78. The third-order valence-electron chi connectivity index (χ3n) is 14.9. The summed E-state index contributed by atoms with van der Waals surface area (Å²) in [6.07, 6.45) is 0. The molecule has 6 nitrogen and oxygen atoms in total. The largest absolute Gasteiger partial charge is 0.309 e. The second-order valence-corrected chi connectivity index (χ2v) is 19.2. The molecule has 0 spiro atoms. The average molecular weight is 957 g/mol. The lowest BCUT2D eigenvalue weighted by Crippen LogP contribution is -2.07. The fourth-order valence-corrected chi connectivity index (χ4v) is 11.4. The van der Waals surface area contributed by atoms with E-state index in [1.54, 1.807) is 0 Å². The van der Waals surface area contributed by atoms with Gasteiger partial charge >= 0.3 is 0 Å². The summed E-state index contributed by atoms with van der Waals surface area (Å²) >= 11 is 0. The van der Waals surface area contributed by atoms with E-state index in [0.717, 1.165) is 88.5 Å². The van der Waals surface area contributed by atoms with Crippen molar-refractivity contribution in [3.8, 4) is 73.5 Å². The first kappa shape index (κ1) is 42.5. The van der Waals surface area contributed by atoms with Gasteiger partial charge in [0, 0.05) is 54.8 Å². The molecular weight excluding hydrogens is 913 g/mol. The molecule has 0 atom stereocenters. The summed E-state index contributed by atoms with van der Waals surface area (Å²) in [5.41, 5.74) is 17.4. The molecule has 0 aliphatic heterocycles. The minimum absolute atomic E-state index is 0.534. The van der Waals surface area contributed by atoms with Crippen molar-refractivity contribution in [3.05, 3.63) is 267 Å². The van der Waals surface area contributed by atoms with E-state index in [2.05, 4.69) is 262 Å². The van der Waals surface area contributed by atoms with E-state index in [1.807, 2.05) is 18.2 Å². The standard InChI is InChI=1S/C69H44N6/c1-4-17-45(18-5-1)47-35-37-53(38-36-47)74-63-30-15-12-27-57(63)58-40-41-59-60-44-54(73-61-28-13-10-25-55(61)56-26-11-14-29-62(56)73)39-42-64(60)75(66(59)65(58)74)69-71-67(49-21-8-3-9-22-49)70-68(72-69)50-33-31-48(32-34-50)52-24-16-23-51(43-52)46-19-6-2-7-20-46/h1-44H. The van der Waals surface area contributed by atoms with Crippen molar-refractivity contribution in [1.82, 2.24) is 28.7 Å². The molecule has 75 heavy (non-hydrogen) atoms. The van der Waals surface area contributed by atoms with Crippen LogP contribution in [0, 0.1) is 0 Å². The maximum absolute atomic E-state index is 5.52. The van der Waals surface area contributed by atoms with Crippen LogP contribution in [0.1, 0.15) is 0 Å². The summed E-state index contributed by atoms with van der Waals surface area (Å²) in [5.74, 6) is 1.72. The van der Waals surface area contributed by atoms with E-state index >= 15 is 0 Å². The van der Waals surface area contributed by atoms with Crippen LogP contribution in [-0.4, -0.2) is 28.7 Å². The number of benzene rings is 11. The second-order valence-electron chi connectivity index (χ2n) is 19.2. The van der Waals surface area contributed by atoms with Crippen LogP contribution in [-0.2, 0) is 0 Å². The number of fused-ring (bicyclic) bond motifs is 10. The van der Waals surface area contributed by atoms with Crippen LogP contribution in [0.5, 0.6) is 0 Å². The van der Waals surface area contributed by atoms with Crippen molar-refractivity contribution >= 4 is 65.4 Å². The number of aromatic nitrogens is 6. The highest BCUT2D eigenvalue weighted by Crippen LogP contribution is 2.43. The van der Waals surface area contributed by atoms with E-state index in [9.17, 15) is 0 Å². The smallest absolute Gasteiger partial charge is 0.238 e. The van der Waals surface area contributed by atoms with Gasteiger partial charge in [-0.05, 0) is 88.0 Å². The molecule has 0 saturated carbocycles. The molecule has 350 valence electrons. The fourth-order valence-electron chi connectivity index (χ4n) is 11.4. The van der Waals surface area contributed by atoms with Gasteiger partial charge < -0.3 is 9.13 Å². The number of nitrogens with zero attached hydrogens (tertiary/aromatic N) is 6. The molecule has 6 heteroatoms. The zero-order chi connectivity index (χ0) is 49.4. The highest BCUT2D eigenvalue weighted by molar-refractivity contribution is 6.24. The molecule has 0 radical (unpaired) electrons. The quantitative estimate of drug-likeness (QED) is 0.152. The van der Waals surface area contributed by atoms with Crippen LogP contribution in [0.3, 0.4) is 0 Å². The topological polar surface area (TPSA) is 53.5 Å². The minimum atomic E-state index is 0.534. The summed E-state index contributed by atoms with van der Waals surface area (Å²) in [5, 5.41) is 6.93. The Morgan fingerprint density at radius 3 is 1.20 bits per heavy atom.